The number of amides is 1. The largest absolute Gasteiger partial charge is 0.478 e. The molecule has 0 saturated carbocycles. The Morgan fingerprint density at radius 3 is 2.59 bits per heavy atom. The number of phosphoric acid groups is 1. The molecular formula is C19H33N2O9PS. The number of rotatable bonds is 9. The van der Waals surface area contributed by atoms with Crippen molar-refractivity contribution in [2.24, 2.45) is 10.8 Å². The normalized spacial score (nSPS) is 27.5. The highest BCUT2D eigenvalue weighted by Crippen LogP contribution is 2.57. The van der Waals surface area contributed by atoms with Gasteiger partial charge in [0, 0.05) is 24.4 Å². The summed E-state index contributed by atoms with van der Waals surface area (Å²) in [4.78, 5) is 36.3. The van der Waals surface area contributed by atoms with Gasteiger partial charge in [0.05, 0.1) is 23.7 Å². The van der Waals surface area contributed by atoms with Crippen molar-refractivity contribution < 1.29 is 42.0 Å². The molecule has 0 spiro atoms. The highest BCUT2D eigenvalue weighted by Gasteiger charge is 2.49. The Bertz CT molecular complexity index is 735. The fraction of sp³-hybridized carbons (Fsp3) is 0.842. The maximum atomic E-state index is 12.7. The Kier molecular flexibility index (Phi) is 9.57. The second-order valence-electron chi connectivity index (χ2n) is 9.23. The molecule has 0 aromatic carbocycles. The van der Waals surface area contributed by atoms with Crippen LogP contribution >= 0.6 is 19.6 Å². The average molecular weight is 497 g/mol. The van der Waals surface area contributed by atoms with Crippen LogP contribution < -0.4 is 10.6 Å². The van der Waals surface area contributed by atoms with Gasteiger partial charge in [-0.2, -0.15) is 0 Å². The summed E-state index contributed by atoms with van der Waals surface area (Å²) < 4.78 is 38.5. The standard InChI is InChI=1S/C19H33N2O9PS/c1-18(2,3)17(24)27-12-29-31(25)28-10-19(4,5)15(30-31)16(23)21-7-6-14(22)26-9-13-8-20-11-32-13/h13,15,20H,6-12H2,1-5H3,(H,21,23)/t13?,15-,31+/m0/s1. The van der Waals surface area contributed by atoms with Crippen LogP contribution in [-0.4, -0.2) is 68.2 Å². The van der Waals surface area contributed by atoms with Gasteiger partial charge in [-0.25, -0.2) is 9.09 Å². The van der Waals surface area contributed by atoms with E-state index in [1.165, 1.54) is 0 Å². The van der Waals surface area contributed by atoms with E-state index in [2.05, 4.69) is 10.6 Å². The third kappa shape index (κ3) is 8.31. The van der Waals surface area contributed by atoms with Crippen LogP contribution in [0.1, 0.15) is 41.0 Å². The number of nitrogens with one attached hydrogen (secondary N) is 2. The van der Waals surface area contributed by atoms with Gasteiger partial charge in [-0.1, -0.05) is 13.8 Å². The van der Waals surface area contributed by atoms with Crippen molar-refractivity contribution in [1.82, 2.24) is 10.6 Å². The highest BCUT2D eigenvalue weighted by atomic mass is 32.2. The van der Waals surface area contributed by atoms with Crippen molar-refractivity contribution in [2.45, 2.75) is 52.4 Å². The molecule has 0 aliphatic carbocycles. The van der Waals surface area contributed by atoms with E-state index >= 15 is 0 Å². The van der Waals surface area contributed by atoms with Crippen LogP contribution in [0.3, 0.4) is 0 Å². The minimum Gasteiger partial charge on any atom is -0.464 e. The lowest BCUT2D eigenvalue weighted by molar-refractivity contribution is -0.163. The molecule has 2 heterocycles. The van der Waals surface area contributed by atoms with Crippen LogP contribution in [0.25, 0.3) is 0 Å². The number of hydrogen-bond donors (Lipinski definition) is 2. The van der Waals surface area contributed by atoms with Gasteiger partial charge in [0.15, 0.2) is 6.10 Å². The summed E-state index contributed by atoms with van der Waals surface area (Å²) in [6.45, 7) is 8.84. The number of carbonyl (C=O) groups is 3. The number of carbonyl (C=O) groups excluding carboxylic acids is 3. The second-order valence-corrected chi connectivity index (χ2v) is 12.1. The first kappa shape index (κ1) is 27.1. The first-order valence-electron chi connectivity index (χ1n) is 10.3. The predicted octanol–water partition coefficient (Wildman–Crippen LogP) is 1.81. The van der Waals surface area contributed by atoms with E-state index in [0.717, 1.165) is 12.4 Å². The first-order chi connectivity index (χ1) is 14.8. The molecule has 3 atom stereocenters. The van der Waals surface area contributed by atoms with E-state index in [1.54, 1.807) is 46.4 Å². The second kappa shape index (κ2) is 11.3. The maximum absolute atomic E-state index is 12.7. The third-order valence-electron chi connectivity index (χ3n) is 4.64. The zero-order chi connectivity index (χ0) is 24.0. The number of esters is 2. The molecule has 184 valence electrons. The molecule has 2 saturated heterocycles. The maximum Gasteiger partial charge on any atom is 0.478 e. The molecule has 2 N–H and O–H groups in total. The number of thioether (sulfide) groups is 1. The van der Waals surface area contributed by atoms with E-state index in [9.17, 15) is 18.9 Å². The van der Waals surface area contributed by atoms with E-state index < -0.39 is 49.4 Å². The lowest BCUT2D eigenvalue weighted by atomic mass is 9.87. The molecule has 2 fully saturated rings. The van der Waals surface area contributed by atoms with Crippen LogP contribution in [-0.2, 0) is 42.0 Å². The molecule has 0 aromatic rings. The lowest BCUT2D eigenvalue weighted by Gasteiger charge is -2.39. The van der Waals surface area contributed by atoms with Crippen LogP contribution in [0, 0.1) is 10.8 Å². The topological polar surface area (TPSA) is 138 Å². The van der Waals surface area contributed by atoms with E-state index in [0.29, 0.717) is 6.61 Å². The predicted molar refractivity (Wildman–Crippen MR) is 117 cm³/mol. The van der Waals surface area contributed by atoms with Gasteiger partial charge in [0.25, 0.3) is 0 Å². The zero-order valence-electron chi connectivity index (χ0n) is 19.1. The van der Waals surface area contributed by atoms with Crippen molar-refractivity contribution >= 4 is 37.4 Å². The SMILES string of the molecule is CC(C)(C)C(=O)OCO[P@@]1(=O)OCC(C)(C)[C@H](C(=O)NCCC(=O)OCC2CNCS2)O1. The average Bonchev–Trinajstić information content (AvgIpc) is 3.21. The number of phosphoric ester groups is 1. The van der Waals surface area contributed by atoms with Gasteiger partial charge in [-0.15, -0.1) is 11.8 Å². The van der Waals surface area contributed by atoms with Crippen LogP contribution in [0.5, 0.6) is 0 Å². The molecule has 13 heteroatoms. The summed E-state index contributed by atoms with van der Waals surface area (Å²) in [7, 11) is -4.12. The van der Waals surface area contributed by atoms with Gasteiger partial charge in [0.1, 0.15) is 6.61 Å². The van der Waals surface area contributed by atoms with Gasteiger partial charge in [-0.3, -0.25) is 23.4 Å². The molecule has 0 aromatic heterocycles. The van der Waals surface area contributed by atoms with Crippen molar-refractivity contribution in [3.63, 3.8) is 0 Å². The van der Waals surface area contributed by atoms with E-state index in [1.807, 2.05) is 0 Å². The molecule has 1 unspecified atom stereocenters. The molecule has 1 amide bonds. The summed E-state index contributed by atoms with van der Waals surface area (Å²) >= 11 is 1.69. The monoisotopic (exact) mass is 496 g/mol. The number of ether oxygens (including phenoxy) is 2. The van der Waals surface area contributed by atoms with Crippen molar-refractivity contribution in [2.75, 3.05) is 39.0 Å². The van der Waals surface area contributed by atoms with Gasteiger partial charge < -0.3 is 20.1 Å². The summed E-state index contributed by atoms with van der Waals surface area (Å²) in [5.74, 6) is -0.687. The minimum absolute atomic E-state index is 0.00286. The molecule has 0 bridgehead atoms. The Morgan fingerprint density at radius 2 is 1.97 bits per heavy atom. The number of hydrogen-bond acceptors (Lipinski definition) is 11. The smallest absolute Gasteiger partial charge is 0.464 e. The fourth-order valence-electron chi connectivity index (χ4n) is 2.66. The lowest BCUT2D eigenvalue weighted by Crippen LogP contribution is -2.50. The van der Waals surface area contributed by atoms with Crippen molar-refractivity contribution in [3.05, 3.63) is 0 Å². The molecule has 2 aliphatic rings. The molecule has 0 radical (unpaired) electrons. The molecule has 2 aliphatic heterocycles. The Labute approximate surface area is 192 Å². The van der Waals surface area contributed by atoms with E-state index in [-0.39, 0.29) is 24.8 Å². The Hall–Kier alpha value is -1.17. The van der Waals surface area contributed by atoms with E-state index in [4.69, 9.17) is 23.0 Å². The summed E-state index contributed by atoms with van der Waals surface area (Å²) in [5, 5.41) is 6.00. The van der Waals surface area contributed by atoms with Crippen molar-refractivity contribution in [3.8, 4) is 0 Å². The summed E-state index contributed by atoms with van der Waals surface area (Å²) in [6.07, 6.45) is -1.16. The molecule has 32 heavy (non-hydrogen) atoms. The summed E-state index contributed by atoms with van der Waals surface area (Å²) in [6, 6.07) is 0. The fourth-order valence-corrected chi connectivity index (χ4v) is 5.04. The third-order valence-corrected chi connectivity index (χ3v) is 7.12. The molecule has 2 rings (SSSR count). The summed E-state index contributed by atoms with van der Waals surface area (Å²) in [5.41, 5.74) is -1.57. The van der Waals surface area contributed by atoms with Crippen LogP contribution in [0.2, 0.25) is 0 Å². The van der Waals surface area contributed by atoms with Crippen LogP contribution in [0.4, 0.5) is 0 Å². The van der Waals surface area contributed by atoms with Gasteiger partial charge in [-0.05, 0) is 20.8 Å². The van der Waals surface area contributed by atoms with Gasteiger partial charge >= 0.3 is 19.8 Å². The Balaban J connectivity index is 1.79. The Morgan fingerprint density at radius 1 is 1.25 bits per heavy atom. The zero-order valence-corrected chi connectivity index (χ0v) is 20.8. The molecule has 11 nitrogen and oxygen atoms in total. The minimum atomic E-state index is -4.12. The van der Waals surface area contributed by atoms with Crippen LogP contribution in [0.15, 0.2) is 0 Å². The highest BCUT2D eigenvalue weighted by molar-refractivity contribution is 8.00. The molecular weight excluding hydrogens is 463 g/mol. The quantitative estimate of drug-likeness (QED) is 0.274. The van der Waals surface area contributed by atoms with Gasteiger partial charge in [0.2, 0.25) is 12.7 Å². The first-order valence-corrected chi connectivity index (χ1v) is 12.8. The van der Waals surface area contributed by atoms with Crippen molar-refractivity contribution in [1.29, 1.82) is 0 Å².